The highest BCUT2D eigenvalue weighted by Crippen LogP contribution is 2.45. The van der Waals surface area contributed by atoms with Gasteiger partial charge in [-0.05, 0) is 103 Å². The Morgan fingerprint density at radius 1 is 0.310 bits per heavy atom. The third kappa shape index (κ3) is 3.78. The first-order valence-electron chi connectivity index (χ1n) is 19.8. The molecule has 0 spiro atoms. The van der Waals surface area contributed by atoms with Gasteiger partial charge >= 0.3 is 0 Å². The number of imidazole rings is 2. The zero-order valence-corrected chi connectivity index (χ0v) is 31.0. The molecule has 14 rings (SSSR count). The highest BCUT2D eigenvalue weighted by Gasteiger charge is 2.22. The van der Waals surface area contributed by atoms with Crippen molar-refractivity contribution in [1.29, 1.82) is 0 Å². The van der Waals surface area contributed by atoms with Crippen LogP contribution in [0.15, 0.2) is 176 Å². The van der Waals surface area contributed by atoms with Crippen molar-refractivity contribution in [2.45, 2.75) is 0 Å². The Morgan fingerprint density at radius 2 is 0.810 bits per heavy atom. The van der Waals surface area contributed by atoms with Crippen LogP contribution in [0.3, 0.4) is 0 Å². The van der Waals surface area contributed by atoms with Crippen LogP contribution < -0.4 is 0 Å². The van der Waals surface area contributed by atoms with E-state index in [4.69, 9.17) is 15.0 Å². The molecule has 0 aliphatic rings. The lowest BCUT2D eigenvalue weighted by atomic mass is 9.90. The van der Waals surface area contributed by atoms with Crippen molar-refractivity contribution in [2.75, 3.05) is 0 Å². The Balaban J connectivity index is 1.09. The Hall–Kier alpha value is -7.89. The monoisotopic (exact) mass is 735 g/mol. The van der Waals surface area contributed by atoms with Gasteiger partial charge in [-0.2, -0.15) is 0 Å². The molecule has 0 saturated heterocycles. The van der Waals surface area contributed by atoms with Crippen LogP contribution in [-0.2, 0) is 0 Å². The molecule has 9 aromatic carbocycles. The largest absolute Gasteiger partial charge is 0.292 e. The third-order valence-electron chi connectivity index (χ3n) is 12.6. The van der Waals surface area contributed by atoms with Crippen molar-refractivity contribution >= 4 is 120 Å². The van der Waals surface area contributed by atoms with Gasteiger partial charge in [-0.3, -0.25) is 13.8 Å². The maximum atomic E-state index is 5.41. The van der Waals surface area contributed by atoms with E-state index < -0.39 is 0 Å². The fraction of sp³-hybridized carbons (Fsp3) is 0. The van der Waals surface area contributed by atoms with E-state index in [1.807, 2.05) is 12.3 Å². The van der Waals surface area contributed by atoms with Crippen molar-refractivity contribution < 1.29 is 0 Å². The van der Waals surface area contributed by atoms with Crippen molar-refractivity contribution in [3.63, 3.8) is 0 Å². The Bertz CT molecular complexity index is 4150. The van der Waals surface area contributed by atoms with Gasteiger partial charge in [-0.25, -0.2) is 9.97 Å². The molecule has 0 fully saturated rings. The minimum absolute atomic E-state index is 0.949. The van der Waals surface area contributed by atoms with Gasteiger partial charge in [0.15, 0.2) is 0 Å². The van der Waals surface area contributed by atoms with Crippen LogP contribution in [0, 0.1) is 0 Å². The van der Waals surface area contributed by atoms with Crippen LogP contribution in [0.5, 0.6) is 0 Å². The van der Waals surface area contributed by atoms with Crippen LogP contribution in [0.4, 0.5) is 0 Å². The molecule has 0 bridgehead atoms. The molecule has 14 aromatic rings. The quantitative estimate of drug-likeness (QED) is 0.158. The molecule has 266 valence electrons. The molecule has 0 N–H and O–H groups in total. The van der Waals surface area contributed by atoms with Crippen molar-refractivity contribution in [3.05, 3.63) is 176 Å². The lowest BCUT2D eigenvalue weighted by molar-refractivity contribution is 1.29. The summed E-state index contributed by atoms with van der Waals surface area (Å²) >= 11 is 0. The fourth-order valence-electron chi connectivity index (χ4n) is 10.3. The second kappa shape index (κ2) is 10.9. The van der Waals surface area contributed by atoms with E-state index in [9.17, 15) is 0 Å². The zero-order valence-electron chi connectivity index (χ0n) is 31.0. The standard InChI is InChI=1S/C53H29N5/c1-4-15-35-32(12-1)33-13-2-5-16-36(33)50-48(35)51-45(22-11-27-54-51)58-46-29-31(24-26-42(46)56-53(50)58)30-23-25-38-40(28-30)34-14-3-6-17-37(34)49-47(38)39-18-7-9-20-43(39)57-44-21-10-8-19-41(44)55-52(49)57/h1-29H. The van der Waals surface area contributed by atoms with E-state index in [1.54, 1.807) is 0 Å². The summed E-state index contributed by atoms with van der Waals surface area (Å²) in [4.78, 5) is 15.8. The maximum absolute atomic E-state index is 5.41. The minimum Gasteiger partial charge on any atom is -0.292 e. The Morgan fingerprint density at radius 3 is 1.55 bits per heavy atom. The van der Waals surface area contributed by atoms with E-state index in [1.165, 1.54) is 59.2 Å². The van der Waals surface area contributed by atoms with Gasteiger partial charge in [0, 0.05) is 33.1 Å². The van der Waals surface area contributed by atoms with Gasteiger partial charge in [-0.15, -0.1) is 0 Å². The van der Waals surface area contributed by atoms with Crippen molar-refractivity contribution in [2.24, 2.45) is 0 Å². The number of hydrogen-bond acceptors (Lipinski definition) is 3. The smallest absolute Gasteiger partial charge is 0.147 e. The second-order valence-corrected chi connectivity index (χ2v) is 15.5. The first-order chi connectivity index (χ1) is 28.8. The molecule has 5 heteroatoms. The average Bonchev–Trinajstić information content (AvgIpc) is 3.88. The number of aromatic nitrogens is 5. The summed E-state index contributed by atoms with van der Waals surface area (Å²) < 4.78 is 4.68. The second-order valence-electron chi connectivity index (χ2n) is 15.5. The lowest BCUT2D eigenvalue weighted by Crippen LogP contribution is -1.95. The molecule has 5 nitrogen and oxygen atoms in total. The number of pyridine rings is 3. The lowest BCUT2D eigenvalue weighted by Gasteiger charge is -2.16. The number of rotatable bonds is 1. The van der Waals surface area contributed by atoms with Crippen LogP contribution >= 0.6 is 0 Å². The topological polar surface area (TPSA) is 47.5 Å². The molecule has 0 saturated carbocycles. The average molecular weight is 736 g/mol. The van der Waals surface area contributed by atoms with E-state index in [-0.39, 0.29) is 0 Å². The summed E-state index contributed by atoms with van der Waals surface area (Å²) in [5.74, 6) is 0. The van der Waals surface area contributed by atoms with Crippen LogP contribution in [0.2, 0.25) is 0 Å². The summed E-state index contributed by atoms with van der Waals surface area (Å²) in [7, 11) is 0. The molecule has 58 heavy (non-hydrogen) atoms. The molecule has 0 unspecified atom stereocenters. The van der Waals surface area contributed by atoms with E-state index in [0.29, 0.717) is 0 Å². The molecule has 0 radical (unpaired) electrons. The number of hydrogen-bond donors (Lipinski definition) is 0. The first kappa shape index (κ1) is 30.3. The van der Waals surface area contributed by atoms with Crippen LogP contribution in [0.1, 0.15) is 0 Å². The van der Waals surface area contributed by atoms with Gasteiger partial charge in [0.2, 0.25) is 0 Å². The van der Waals surface area contributed by atoms with E-state index in [0.717, 1.165) is 71.8 Å². The molecule has 0 amide bonds. The maximum Gasteiger partial charge on any atom is 0.147 e. The highest BCUT2D eigenvalue weighted by atomic mass is 15.0. The molecule has 0 atom stereocenters. The molecular formula is C53H29N5. The Labute approximate surface area is 329 Å². The van der Waals surface area contributed by atoms with Gasteiger partial charge in [-0.1, -0.05) is 121 Å². The predicted molar refractivity (Wildman–Crippen MR) is 242 cm³/mol. The van der Waals surface area contributed by atoms with Gasteiger partial charge in [0.1, 0.15) is 11.3 Å². The number of fused-ring (bicyclic) bond motifs is 26. The fourth-order valence-corrected chi connectivity index (χ4v) is 10.3. The third-order valence-corrected chi connectivity index (χ3v) is 12.6. The van der Waals surface area contributed by atoms with E-state index in [2.05, 4.69) is 173 Å². The molecule has 0 aliphatic carbocycles. The number of para-hydroxylation sites is 3. The summed E-state index contributed by atoms with van der Waals surface area (Å²) in [6.45, 7) is 0. The minimum atomic E-state index is 0.949. The first-order valence-corrected chi connectivity index (χ1v) is 19.8. The molecule has 0 aliphatic heterocycles. The van der Waals surface area contributed by atoms with Gasteiger partial charge in [0.25, 0.3) is 0 Å². The zero-order chi connectivity index (χ0) is 37.6. The summed E-state index contributed by atoms with van der Waals surface area (Å²) in [6.07, 6.45) is 1.91. The van der Waals surface area contributed by atoms with Crippen molar-refractivity contribution in [3.8, 4) is 11.1 Å². The molecular weight excluding hydrogens is 707 g/mol. The SMILES string of the molecule is c1ccc2c(c1)nc1c3c4ccccc4c4cc(-c5ccc6nc7c8c9ccccc9c9ccccc9c8c8ncccc8n7c6c5)ccc4c3c3ccccc3n21. The predicted octanol–water partition coefficient (Wildman–Crippen LogP) is 13.6. The Kier molecular flexibility index (Phi) is 5.70. The highest BCUT2D eigenvalue weighted by molar-refractivity contribution is 6.36. The summed E-state index contributed by atoms with van der Waals surface area (Å²) in [6, 6.07) is 61.5. The van der Waals surface area contributed by atoms with Crippen LogP contribution in [0.25, 0.3) is 131 Å². The van der Waals surface area contributed by atoms with Gasteiger partial charge < -0.3 is 0 Å². The van der Waals surface area contributed by atoms with Crippen LogP contribution in [-0.4, -0.2) is 23.8 Å². The van der Waals surface area contributed by atoms with Gasteiger partial charge in [0.05, 0.1) is 38.6 Å². The van der Waals surface area contributed by atoms with E-state index >= 15 is 0 Å². The summed E-state index contributed by atoms with van der Waals surface area (Å²) in [5.41, 5.74) is 11.6. The normalized spacial score (nSPS) is 12.5. The molecule has 5 heterocycles. The summed E-state index contributed by atoms with van der Waals surface area (Å²) in [5, 5.41) is 15.6. The number of nitrogens with zero attached hydrogens (tertiary/aromatic N) is 5. The number of benzene rings is 9. The molecule has 5 aromatic heterocycles. The van der Waals surface area contributed by atoms with Crippen molar-refractivity contribution in [1.82, 2.24) is 23.8 Å².